The van der Waals surface area contributed by atoms with E-state index in [0.29, 0.717) is 16.6 Å². The molecule has 1 aromatic heterocycles. The van der Waals surface area contributed by atoms with Gasteiger partial charge in [0.2, 0.25) is 0 Å². The van der Waals surface area contributed by atoms with Crippen LogP contribution in [0, 0.1) is 0 Å². The Hall–Kier alpha value is -1.03. The van der Waals surface area contributed by atoms with Gasteiger partial charge in [-0.1, -0.05) is 35.3 Å². The van der Waals surface area contributed by atoms with Crippen LogP contribution in [0.2, 0.25) is 10.0 Å². The van der Waals surface area contributed by atoms with Gasteiger partial charge in [0.25, 0.3) is 0 Å². The molecule has 0 saturated carbocycles. The summed E-state index contributed by atoms with van der Waals surface area (Å²) >= 11 is 12.1. The van der Waals surface area contributed by atoms with Crippen LogP contribution in [0.25, 0.3) is 0 Å². The predicted molar refractivity (Wildman–Crippen MR) is 75.1 cm³/mol. The molecule has 1 aromatic carbocycles. The van der Waals surface area contributed by atoms with Gasteiger partial charge in [-0.15, -0.1) is 0 Å². The van der Waals surface area contributed by atoms with E-state index in [1.165, 1.54) is 0 Å². The molecule has 0 aliphatic carbocycles. The number of benzene rings is 1. The predicted octanol–water partition coefficient (Wildman–Crippen LogP) is 3.06. The van der Waals surface area contributed by atoms with Gasteiger partial charge >= 0.3 is 0 Å². The van der Waals surface area contributed by atoms with Crippen molar-refractivity contribution in [2.24, 2.45) is 7.05 Å². The first-order valence-corrected chi connectivity index (χ1v) is 6.54. The SMILES string of the molecule is Cn1ccc(CCNCc2cccc(Cl)c2Cl)n1. The summed E-state index contributed by atoms with van der Waals surface area (Å²) < 4.78 is 1.81. The van der Waals surface area contributed by atoms with Crippen LogP contribution in [-0.2, 0) is 20.0 Å². The van der Waals surface area contributed by atoms with E-state index >= 15 is 0 Å². The quantitative estimate of drug-likeness (QED) is 0.855. The molecule has 2 rings (SSSR count). The van der Waals surface area contributed by atoms with Crippen molar-refractivity contribution >= 4 is 23.2 Å². The smallest absolute Gasteiger partial charge is 0.0637 e. The fourth-order valence-corrected chi connectivity index (χ4v) is 2.11. The fraction of sp³-hybridized carbons (Fsp3) is 0.308. The molecule has 1 heterocycles. The summed E-state index contributed by atoms with van der Waals surface area (Å²) in [5, 5.41) is 8.88. The van der Waals surface area contributed by atoms with Crippen molar-refractivity contribution in [2.75, 3.05) is 6.54 Å². The van der Waals surface area contributed by atoms with Crippen LogP contribution in [0.15, 0.2) is 30.5 Å². The van der Waals surface area contributed by atoms with E-state index in [1.807, 2.05) is 36.1 Å². The first-order valence-electron chi connectivity index (χ1n) is 5.79. The highest BCUT2D eigenvalue weighted by Gasteiger charge is 2.03. The number of hydrogen-bond acceptors (Lipinski definition) is 2. The lowest BCUT2D eigenvalue weighted by molar-refractivity contribution is 0.665. The third-order valence-electron chi connectivity index (χ3n) is 2.67. The maximum absolute atomic E-state index is 6.10. The molecule has 0 radical (unpaired) electrons. The van der Waals surface area contributed by atoms with Crippen LogP contribution < -0.4 is 5.32 Å². The Bertz CT molecular complexity index is 523. The number of hydrogen-bond donors (Lipinski definition) is 1. The number of nitrogens with one attached hydrogen (secondary N) is 1. The van der Waals surface area contributed by atoms with Crippen LogP contribution in [0.4, 0.5) is 0 Å². The van der Waals surface area contributed by atoms with E-state index < -0.39 is 0 Å². The number of halogens is 2. The lowest BCUT2D eigenvalue weighted by Crippen LogP contribution is -2.17. The topological polar surface area (TPSA) is 29.9 Å². The Kier molecular flexibility index (Phi) is 4.64. The summed E-state index contributed by atoms with van der Waals surface area (Å²) in [6.45, 7) is 1.58. The Balaban J connectivity index is 1.80. The second-order valence-electron chi connectivity index (χ2n) is 4.12. The highest BCUT2D eigenvalue weighted by Crippen LogP contribution is 2.25. The van der Waals surface area contributed by atoms with Crippen molar-refractivity contribution in [3.8, 4) is 0 Å². The molecule has 0 unspecified atom stereocenters. The summed E-state index contributed by atoms with van der Waals surface area (Å²) in [5.74, 6) is 0. The van der Waals surface area contributed by atoms with Gasteiger partial charge in [0.1, 0.15) is 0 Å². The second kappa shape index (κ2) is 6.23. The molecular formula is C13H15Cl2N3. The van der Waals surface area contributed by atoms with Gasteiger partial charge in [-0.25, -0.2) is 0 Å². The van der Waals surface area contributed by atoms with E-state index in [4.69, 9.17) is 23.2 Å². The fourth-order valence-electron chi connectivity index (χ4n) is 1.72. The van der Waals surface area contributed by atoms with Crippen molar-refractivity contribution in [1.29, 1.82) is 0 Å². The zero-order valence-electron chi connectivity index (χ0n) is 10.2. The summed E-state index contributed by atoms with van der Waals surface area (Å²) in [5.41, 5.74) is 2.10. The minimum absolute atomic E-state index is 0.598. The summed E-state index contributed by atoms with van der Waals surface area (Å²) in [7, 11) is 1.92. The van der Waals surface area contributed by atoms with E-state index in [-0.39, 0.29) is 0 Å². The van der Waals surface area contributed by atoms with Gasteiger partial charge in [0.15, 0.2) is 0 Å². The van der Waals surface area contributed by atoms with Crippen molar-refractivity contribution < 1.29 is 0 Å². The van der Waals surface area contributed by atoms with Crippen molar-refractivity contribution in [3.63, 3.8) is 0 Å². The molecule has 0 fully saturated rings. The highest BCUT2D eigenvalue weighted by molar-refractivity contribution is 6.42. The Morgan fingerprint density at radius 3 is 2.83 bits per heavy atom. The molecule has 0 spiro atoms. The van der Waals surface area contributed by atoms with Gasteiger partial charge in [-0.05, 0) is 17.7 Å². The van der Waals surface area contributed by atoms with Crippen LogP contribution in [0.1, 0.15) is 11.3 Å². The van der Waals surface area contributed by atoms with Gasteiger partial charge in [-0.3, -0.25) is 4.68 Å². The number of rotatable bonds is 5. The second-order valence-corrected chi connectivity index (χ2v) is 4.91. The average Bonchev–Trinajstić information content (AvgIpc) is 2.76. The Morgan fingerprint density at radius 1 is 1.28 bits per heavy atom. The largest absolute Gasteiger partial charge is 0.312 e. The average molecular weight is 284 g/mol. The van der Waals surface area contributed by atoms with E-state index in [2.05, 4.69) is 10.4 Å². The third kappa shape index (κ3) is 3.48. The minimum Gasteiger partial charge on any atom is -0.312 e. The monoisotopic (exact) mass is 283 g/mol. The lowest BCUT2D eigenvalue weighted by Gasteiger charge is -2.07. The Morgan fingerprint density at radius 2 is 2.11 bits per heavy atom. The molecule has 0 amide bonds. The molecule has 0 saturated heterocycles. The molecule has 2 aromatic rings. The molecular weight excluding hydrogens is 269 g/mol. The number of aryl methyl sites for hydroxylation is 1. The van der Waals surface area contributed by atoms with Crippen LogP contribution >= 0.6 is 23.2 Å². The molecule has 0 aliphatic rings. The van der Waals surface area contributed by atoms with Crippen LogP contribution in [0.3, 0.4) is 0 Å². The Labute approximate surface area is 117 Å². The van der Waals surface area contributed by atoms with Gasteiger partial charge < -0.3 is 5.32 Å². The number of nitrogens with zero attached hydrogens (tertiary/aromatic N) is 2. The highest BCUT2D eigenvalue weighted by atomic mass is 35.5. The van der Waals surface area contributed by atoms with E-state index in [9.17, 15) is 0 Å². The summed E-state index contributed by atoms with van der Waals surface area (Å²) in [6, 6.07) is 7.70. The number of aromatic nitrogens is 2. The van der Waals surface area contributed by atoms with Gasteiger partial charge in [-0.2, -0.15) is 5.10 Å². The van der Waals surface area contributed by atoms with E-state index in [0.717, 1.165) is 24.2 Å². The van der Waals surface area contributed by atoms with Gasteiger partial charge in [0, 0.05) is 32.8 Å². The molecule has 5 heteroatoms. The molecule has 0 atom stereocenters. The molecule has 0 aliphatic heterocycles. The molecule has 0 bridgehead atoms. The zero-order chi connectivity index (χ0) is 13.0. The van der Waals surface area contributed by atoms with Crippen LogP contribution in [0.5, 0.6) is 0 Å². The molecule has 3 nitrogen and oxygen atoms in total. The maximum atomic E-state index is 6.10. The van der Waals surface area contributed by atoms with Crippen LogP contribution in [-0.4, -0.2) is 16.3 Å². The normalized spacial score (nSPS) is 10.8. The van der Waals surface area contributed by atoms with Gasteiger partial charge in [0.05, 0.1) is 15.7 Å². The molecule has 96 valence electrons. The van der Waals surface area contributed by atoms with Crippen molar-refractivity contribution in [3.05, 3.63) is 51.8 Å². The summed E-state index contributed by atoms with van der Waals surface area (Å²) in [4.78, 5) is 0. The molecule has 18 heavy (non-hydrogen) atoms. The molecule has 1 N–H and O–H groups in total. The zero-order valence-corrected chi connectivity index (χ0v) is 11.7. The van der Waals surface area contributed by atoms with Crippen molar-refractivity contribution in [2.45, 2.75) is 13.0 Å². The minimum atomic E-state index is 0.598. The standard InChI is InChI=1S/C13H15Cl2N3/c1-18-8-6-11(17-18)5-7-16-9-10-3-2-4-12(14)13(10)15/h2-4,6,8,16H,5,7,9H2,1H3. The maximum Gasteiger partial charge on any atom is 0.0637 e. The van der Waals surface area contributed by atoms with Crippen molar-refractivity contribution in [1.82, 2.24) is 15.1 Å². The third-order valence-corrected chi connectivity index (χ3v) is 3.53. The first-order chi connectivity index (χ1) is 8.66. The van der Waals surface area contributed by atoms with E-state index in [1.54, 1.807) is 6.07 Å². The summed E-state index contributed by atoms with van der Waals surface area (Å²) in [6.07, 6.45) is 2.85. The first kappa shape index (κ1) is 13.4. The lowest BCUT2D eigenvalue weighted by atomic mass is 10.2.